The number of para-hydroxylation sites is 1. The first-order valence-corrected chi connectivity index (χ1v) is 8.29. The second-order valence-corrected chi connectivity index (χ2v) is 5.76. The number of amides is 1. The second-order valence-electron chi connectivity index (χ2n) is 5.76. The molecule has 0 spiro atoms. The van der Waals surface area contributed by atoms with E-state index in [1.165, 1.54) is 4.90 Å². The first-order chi connectivity index (χ1) is 12.2. The number of aryl methyl sites for hydroxylation is 2. The predicted octanol–water partition coefficient (Wildman–Crippen LogP) is 4.78. The molecule has 0 N–H and O–H groups in total. The Morgan fingerprint density at radius 3 is 2.27 bits per heavy atom. The van der Waals surface area contributed by atoms with Gasteiger partial charge in [-0.05, 0) is 44.9 Å². The second kappa shape index (κ2) is 7.76. The molecule has 0 saturated carbocycles. The maximum absolute atomic E-state index is 13.5. The molecule has 1 heterocycles. The Labute approximate surface area is 150 Å². The van der Waals surface area contributed by atoms with E-state index in [9.17, 15) is 18.0 Å². The van der Waals surface area contributed by atoms with Crippen molar-refractivity contribution >= 4 is 11.6 Å². The number of nitrogens with zero attached hydrogens (tertiary/aromatic N) is 2. The summed E-state index contributed by atoms with van der Waals surface area (Å²) in [4.78, 5) is 18.3. The Morgan fingerprint density at radius 1 is 1.15 bits per heavy atom. The third kappa shape index (κ3) is 3.81. The molecule has 0 unspecified atom stereocenters. The van der Waals surface area contributed by atoms with Gasteiger partial charge in [0, 0.05) is 18.4 Å². The number of carbonyl (C=O) groups is 1. The van der Waals surface area contributed by atoms with E-state index in [0.717, 1.165) is 23.4 Å². The largest absolute Gasteiger partial charge is 0.477 e. The molecule has 0 saturated heterocycles. The number of anilines is 1. The van der Waals surface area contributed by atoms with E-state index in [1.54, 1.807) is 13.8 Å². The van der Waals surface area contributed by atoms with Crippen molar-refractivity contribution < 1.29 is 22.7 Å². The van der Waals surface area contributed by atoms with Crippen molar-refractivity contribution in [1.29, 1.82) is 0 Å². The summed E-state index contributed by atoms with van der Waals surface area (Å²) in [6.45, 7) is 7.28. The van der Waals surface area contributed by atoms with Crippen LogP contribution < -0.4 is 9.64 Å². The standard InChI is InChI=1S/C19H21F3N2O2/c1-5-24(16-12(3)8-7-9-13(16)4)18(25)15-14(19(20,21)22)10-11-23-17(15)26-6-2/h7-11H,5-6H2,1-4H3. The third-order valence-electron chi connectivity index (χ3n) is 3.99. The number of hydrogen-bond acceptors (Lipinski definition) is 3. The van der Waals surface area contributed by atoms with E-state index in [2.05, 4.69) is 4.98 Å². The van der Waals surface area contributed by atoms with Gasteiger partial charge in [0.1, 0.15) is 5.56 Å². The van der Waals surface area contributed by atoms with E-state index in [-0.39, 0.29) is 19.0 Å². The highest BCUT2D eigenvalue weighted by atomic mass is 19.4. The number of ether oxygens (including phenoxy) is 1. The van der Waals surface area contributed by atoms with Gasteiger partial charge in [0.25, 0.3) is 5.91 Å². The lowest BCUT2D eigenvalue weighted by Gasteiger charge is -2.26. The number of pyridine rings is 1. The van der Waals surface area contributed by atoms with Crippen molar-refractivity contribution in [3.05, 3.63) is 52.7 Å². The van der Waals surface area contributed by atoms with Crippen LogP contribution in [0, 0.1) is 13.8 Å². The van der Waals surface area contributed by atoms with Gasteiger partial charge in [-0.3, -0.25) is 4.79 Å². The fourth-order valence-electron chi connectivity index (χ4n) is 2.90. The van der Waals surface area contributed by atoms with E-state index < -0.39 is 23.2 Å². The molecule has 1 aromatic carbocycles. The van der Waals surface area contributed by atoms with Crippen LogP contribution in [0.3, 0.4) is 0 Å². The van der Waals surface area contributed by atoms with E-state index in [0.29, 0.717) is 5.69 Å². The first-order valence-electron chi connectivity index (χ1n) is 8.29. The van der Waals surface area contributed by atoms with E-state index in [4.69, 9.17) is 4.74 Å². The quantitative estimate of drug-likeness (QED) is 0.765. The fraction of sp³-hybridized carbons (Fsp3) is 0.368. The first kappa shape index (κ1) is 19.8. The molecule has 4 nitrogen and oxygen atoms in total. The predicted molar refractivity (Wildman–Crippen MR) is 93.7 cm³/mol. The van der Waals surface area contributed by atoms with Crippen molar-refractivity contribution in [2.24, 2.45) is 0 Å². The van der Waals surface area contributed by atoms with E-state index >= 15 is 0 Å². The van der Waals surface area contributed by atoms with Crippen LogP contribution in [0.4, 0.5) is 18.9 Å². The number of alkyl halides is 3. The Bertz CT molecular complexity index is 784. The monoisotopic (exact) mass is 366 g/mol. The van der Waals surface area contributed by atoms with Crippen molar-refractivity contribution in [1.82, 2.24) is 4.98 Å². The zero-order valence-electron chi connectivity index (χ0n) is 15.1. The van der Waals surface area contributed by atoms with Gasteiger partial charge < -0.3 is 9.64 Å². The highest BCUT2D eigenvalue weighted by Gasteiger charge is 2.39. The molecule has 0 aliphatic carbocycles. The minimum atomic E-state index is -4.69. The average molecular weight is 366 g/mol. The number of benzene rings is 1. The van der Waals surface area contributed by atoms with Crippen LogP contribution in [-0.4, -0.2) is 24.0 Å². The van der Waals surface area contributed by atoms with Crippen LogP contribution in [0.2, 0.25) is 0 Å². The van der Waals surface area contributed by atoms with Crippen molar-refractivity contribution in [3.8, 4) is 5.88 Å². The summed E-state index contributed by atoms with van der Waals surface area (Å²) in [7, 11) is 0. The third-order valence-corrected chi connectivity index (χ3v) is 3.99. The number of hydrogen-bond donors (Lipinski definition) is 0. The summed E-state index contributed by atoms with van der Waals surface area (Å²) in [5, 5.41) is 0. The maximum atomic E-state index is 13.5. The molecule has 0 bridgehead atoms. The molecule has 26 heavy (non-hydrogen) atoms. The zero-order chi connectivity index (χ0) is 19.5. The molecule has 0 atom stereocenters. The van der Waals surface area contributed by atoms with Crippen molar-refractivity contribution in [2.75, 3.05) is 18.1 Å². The number of aromatic nitrogens is 1. The minimum absolute atomic E-state index is 0.101. The molecular formula is C19H21F3N2O2. The van der Waals surface area contributed by atoms with Gasteiger partial charge in [0.15, 0.2) is 0 Å². The Kier molecular flexibility index (Phi) is 5.90. The Morgan fingerprint density at radius 2 is 1.77 bits per heavy atom. The van der Waals surface area contributed by atoms with Gasteiger partial charge in [-0.1, -0.05) is 18.2 Å². The highest BCUT2D eigenvalue weighted by Crippen LogP contribution is 2.37. The smallest absolute Gasteiger partial charge is 0.417 e. The summed E-state index contributed by atoms with van der Waals surface area (Å²) in [6.07, 6.45) is -3.69. The lowest BCUT2D eigenvalue weighted by Crippen LogP contribution is -2.34. The Balaban J connectivity index is 2.67. The zero-order valence-corrected chi connectivity index (χ0v) is 15.1. The van der Waals surface area contributed by atoms with Crippen LogP contribution in [0.25, 0.3) is 0 Å². The van der Waals surface area contributed by atoms with Crippen molar-refractivity contribution in [2.45, 2.75) is 33.9 Å². The topological polar surface area (TPSA) is 42.4 Å². The van der Waals surface area contributed by atoms with Crippen LogP contribution >= 0.6 is 0 Å². The molecule has 1 aromatic heterocycles. The molecule has 140 valence electrons. The number of halogens is 3. The minimum Gasteiger partial charge on any atom is -0.477 e. The normalized spacial score (nSPS) is 11.3. The lowest BCUT2D eigenvalue weighted by atomic mass is 10.0. The fourth-order valence-corrected chi connectivity index (χ4v) is 2.90. The SMILES string of the molecule is CCOc1nccc(C(F)(F)F)c1C(=O)N(CC)c1c(C)cccc1C. The van der Waals surface area contributed by atoms with E-state index in [1.807, 2.05) is 32.0 Å². The van der Waals surface area contributed by atoms with Gasteiger partial charge in [0.05, 0.1) is 12.2 Å². The van der Waals surface area contributed by atoms with Gasteiger partial charge in [-0.15, -0.1) is 0 Å². The summed E-state index contributed by atoms with van der Waals surface area (Å²) in [5.74, 6) is -1.09. The highest BCUT2D eigenvalue weighted by molar-refractivity contribution is 6.09. The molecule has 1 amide bonds. The summed E-state index contributed by atoms with van der Waals surface area (Å²) < 4.78 is 45.7. The van der Waals surface area contributed by atoms with Gasteiger partial charge >= 0.3 is 6.18 Å². The molecular weight excluding hydrogens is 345 g/mol. The number of rotatable bonds is 5. The summed E-state index contributed by atoms with van der Waals surface area (Å²) in [5.41, 5.74) is 0.586. The molecule has 0 aliphatic rings. The van der Waals surface area contributed by atoms with Crippen LogP contribution in [0.5, 0.6) is 5.88 Å². The molecule has 0 aliphatic heterocycles. The van der Waals surface area contributed by atoms with Crippen molar-refractivity contribution in [3.63, 3.8) is 0 Å². The maximum Gasteiger partial charge on any atom is 0.417 e. The molecule has 0 radical (unpaired) electrons. The van der Waals surface area contributed by atoms with Crippen LogP contribution in [-0.2, 0) is 6.18 Å². The van der Waals surface area contributed by atoms with Gasteiger partial charge in [-0.2, -0.15) is 13.2 Å². The molecule has 2 aromatic rings. The van der Waals surface area contributed by atoms with Crippen LogP contribution in [0.1, 0.15) is 40.9 Å². The van der Waals surface area contributed by atoms with Crippen LogP contribution in [0.15, 0.2) is 30.5 Å². The average Bonchev–Trinajstić information content (AvgIpc) is 2.57. The number of carbonyl (C=O) groups excluding carboxylic acids is 1. The molecule has 2 rings (SSSR count). The summed E-state index contributed by atoms with van der Waals surface area (Å²) >= 11 is 0. The summed E-state index contributed by atoms with van der Waals surface area (Å²) in [6, 6.07) is 6.27. The van der Waals surface area contributed by atoms with Gasteiger partial charge in [0.2, 0.25) is 5.88 Å². The Hall–Kier alpha value is -2.57. The molecule has 7 heteroatoms. The molecule has 0 fully saturated rings. The lowest BCUT2D eigenvalue weighted by molar-refractivity contribution is -0.138. The van der Waals surface area contributed by atoms with Gasteiger partial charge in [-0.25, -0.2) is 4.98 Å².